The van der Waals surface area contributed by atoms with Gasteiger partial charge in [-0.25, -0.2) is 19.3 Å². The normalized spacial score (nSPS) is 21.1. The Morgan fingerprint density at radius 1 is 1.26 bits per heavy atom. The minimum atomic E-state index is -1.43. The monoisotopic (exact) mass is 543 g/mol. The van der Waals surface area contributed by atoms with Crippen molar-refractivity contribution in [2.24, 2.45) is 0 Å². The quantitative estimate of drug-likeness (QED) is 0.0572. The van der Waals surface area contributed by atoms with E-state index >= 15 is 0 Å². The third-order valence-corrected chi connectivity index (χ3v) is 5.56. The number of hydrogen-bond donors (Lipinski definition) is 4. The number of imidazole rings is 1. The molecule has 4 N–H and O–H groups in total. The number of nitrogens with zero attached hydrogens (tertiary/aromatic N) is 6. The third-order valence-electron chi connectivity index (χ3n) is 5.56. The number of ether oxygens (including phenoxy) is 3. The summed E-state index contributed by atoms with van der Waals surface area (Å²) >= 11 is 0. The molecule has 0 amide bonds. The summed E-state index contributed by atoms with van der Waals surface area (Å²) in [7, 11) is 0. The molecule has 4 atom stereocenters. The third kappa shape index (κ3) is 5.53. The number of carbonyl (C=O) groups excluding carboxylic acids is 3. The molecule has 1 saturated heterocycles. The van der Waals surface area contributed by atoms with E-state index in [2.05, 4.69) is 31.9 Å². The van der Waals surface area contributed by atoms with Crippen molar-refractivity contribution in [3.8, 4) is 5.95 Å². The highest BCUT2D eigenvalue weighted by molar-refractivity contribution is 6.08. The zero-order chi connectivity index (χ0) is 28.1. The lowest BCUT2D eigenvalue weighted by atomic mass is 10.1. The highest BCUT2D eigenvalue weighted by Crippen LogP contribution is 2.32. The highest BCUT2D eigenvalue weighted by atomic mass is 16.6. The van der Waals surface area contributed by atoms with Crippen molar-refractivity contribution in [2.45, 2.75) is 31.5 Å². The predicted molar refractivity (Wildman–Crippen MR) is 130 cm³/mol. The van der Waals surface area contributed by atoms with Gasteiger partial charge in [-0.1, -0.05) is 12.7 Å². The molecule has 0 saturated carbocycles. The van der Waals surface area contributed by atoms with E-state index in [0.29, 0.717) is 6.29 Å². The van der Waals surface area contributed by atoms with Gasteiger partial charge in [0, 0.05) is 12.4 Å². The summed E-state index contributed by atoms with van der Waals surface area (Å²) in [5.74, 6) is -1.60. The van der Waals surface area contributed by atoms with E-state index in [1.165, 1.54) is 34.0 Å². The zero-order valence-corrected chi connectivity index (χ0v) is 20.6. The number of aliphatic hydroxyl groups excluding tert-OH is 3. The van der Waals surface area contributed by atoms with E-state index in [4.69, 9.17) is 14.2 Å². The van der Waals surface area contributed by atoms with Gasteiger partial charge in [0.1, 0.15) is 30.5 Å². The van der Waals surface area contributed by atoms with Crippen molar-refractivity contribution in [2.75, 3.05) is 25.1 Å². The second kappa shape index (κ2) is 11.9. The summed E-state index contributed by atoms with van der Waals surface area (Å²) < 4.78 is 17.9. The minimum absolute atomic E-state index is 0.00398. The lowest BCUT2D eigenvalue weighted by Crippen LogP contribution is -2.33. The number of aldehydes is 1. The molecule has 16 heteroatoms. The number of aliphatic hydroxyl groups is 3. The van der Waals surface area contributed by atoms with E-state index in [1.54, 1.807) is 6.92 Å². The highest BCUT2D eigenvalue weighted by Gasteiger charge is 2.44. The Morgan fingerprint density at radius 3 is 2.72 bits per heavy atom. The van der Waals surface area contributed by atoms with Crippen LogP contribution in [0.5, 0.6) is 0 Å². The van der Waals surface area contributed by atoms with E-state index in [1.807, 2.05) is 0 Å². The first-order valence-electron chi connectivity index (χ1n) is 11.6. The van der Waals surface area contributed by atoms with E-state index in [9.17, 15) is 29.7 Å². The summed E-state index contributed by atoms with van der Waals surface area (Å²) in [4.78, 5) is 48.7. The molecular weight excluding hydrogens is 518 g/mol. The van der Waals surface area contributed by atoms with Crippen molar-refractivity contribution in [1.29, 1.82) is 0 Å². The molecule has 0 radical (unpaired) electrons. The van der Waals surface area contributed by atoms with Gasteiger partial charge < -0.3 is 34.8 Å². The molecule has 0 spiro atoms. The average molecular weight is 543 g/mol. The fraction of sp³-hybridized carbons (Fsp3) is 0.348. The number of anilines is 1. The first-order chi connectivity index (χ1) is 18.8. The average Bonchev–Trinajstić information content (AvgIpc) is 3.66. The molecule has 4 rings (SSSR count). The van der Waals surface area contributed by atoms with Gasteiger partial charge in [0.25, 0.3) is 5.95 Å². The van der Waals surface area contributed by atoms with Crippen LogP contribution in [0.1, 0.15) is 23.5 Å². The molecule has 4 heterocycles. The largest absolute Gasteiger partial charge is 0.462 e. The van der Waals surface area contributed by atoms with Crippen LogP contribution in [0.2, 0.25) is 0 Å². The van der Waals surface area contributed by atoms with Gasteiger partial charge in [0.2, 0.25) is 0 Å². The van der Waals surface area contributed by atoms with Crippen LogP contribution < -0.4 is 5.32 Å². The second-order valence-electron chi connectivity index (χ2n) is 8.07. The maximum absolute atomic E-state index is 12.2. The van der Waals surface area contributed by atoms with Gasteiger partial charge in [-0.3, -0.25) is 9.36 Å². The number of hydrogen-bond acceptors (Lipinski definition) is 14. The molecule has 39 heavy (non-hydrogen) atoms. The van der Waals surface area contributed by atoms with Crippen molar-refractivity contribution >= 4 is 35.2 Å². The second-order valence-corrected chi connectivity index (χ2v) is 8.07. The van der Waals surface area contributed by atoms with Gasteiger partial charge in [-0.05, 0) is 6.92 Å². The maximum atomic E-state index is 12.2. The number of rotatable bonds is 11. The van der Waals surface area contributed by atoms with Crippen LogP contribution in [-0.2, 0) is 23.8 Å². The minimum Gasteiger partial charge on any atom is -0.462 e. The van der Waals surface area contributed by atoms with Crippen LogP contribution in [-0.4, -0.2) is 101 Å². The number of carbonyl (C=O) groups is 3. The lowest BCUT2D eigenvalue weighted by molar-refractivity contribution is -0.139. The number of aromatic nitrogens is 6. The van der Waals surface area contributed by atoms with Crippen LogP contribution >= 0.6 is 0 Å². The van der Waals surface area contributed by atoms with E-state index < -0.39 is 43.1 Å². The predicted octanol–water partition coefficient (Wildman–Crippen LogP) is -0.976. The SMILES string of the molecule is C=CCOC(=O)c1cnn(-c2nc(N/C=C(/C=O)C(=O)OCC)c3ncn([C@@H]4O[C@H](CO)[C@@H](O)[C@H]4O)c3n2)c1. The molecule has 3 aromatic rings. The summed E-state index contributed by atoms with van der Waals surface area (Å²) in [5, 5.41) is 37.0. The Bertz CT molecular complexity index is 1420. The lowest BCUT2D eigenvalue weighted by Gasteiger charge is -2.17. The van der Waals surface area contributed by atoms with Crippen LogP contribution in [0, 0.1) is 0 Å². The maximum Gasteiger partial charge on any atom is 0.342 e. The number of esters is 2. The summed E-state index contributed by atoms with van der Waals surface area (Å²) in [6.45, 7) is 4.58. The number of nitrogens with one attached hydrogen (secondary N) is 1. The van der Waals surface area contributed by atoms with E-state index in [0.717, 1.165) is 6.20 Å². The van der Waals surface area contributed by atoms with Crippen molar-refractivity contribution in [3.63, 3.8) is 0 Å². The fourth-order valence-corrected chi connectivity index (χ4v) is 3.66. The molecule has 0 unspecified atom stereocenters. The van der Waals surface area contributed by atoms with Crippen molar-refractivity contribution in [3.05, 3.63) is 48.7 Å². The Balaban J connectivity index is 1.79. The molecule has 1 aliphatic heterocycles. The topological polar surface area (TPSA) is 213 Å². The van der Waals surface area contributed by atoms with Gasteiger partial charge in [0.15, 0.2) is 29.5 Å². The Kier molecular flexibility index (Phi) is 8.40. The first-order valence-corrected chi connectivity index (χ1v) is 11.6. The molecule has 206 valence electrons. The van der Waals surface area contributed by atoms with Crippen LogP contribution in [0.25, 0.3) is 17.1 Å². The molecule has 0 aromatic carbocycles. The van der Waals surface area contributed by atoms with Gasteiger partial charge in [-0.15, -0.1) is 0 Å². The molecule has 1 aliphatic rings. The molecule has 1 fully saturated rings. The molecule has 0 aliphatic carbocycles. The molecule has 0 bridgehead atoms. The fourth-order valence-electron chi connectivity index (χ4n) is 3.66. The summed E-state index contributed by atoms with van der Waals surface area (Å²) in [6, 6.07) is 0. The van der Waals surface area contributed by atoms with Crippen molar-refractivity contribution in [1.82, 2.24) is 29.3 Å². The van der Waals surface area contributed by atoms with Gasteiger partial charge in [-0.2, -0.15) is 15.1 Å². The molecule has 3 aromatic heterocycles. The first kappa shape index (κ1) is 27.5. The summed E-state index contributed by atoms with van der Waals surface area (Å²) in [5.41, 5.74) is -0.0303. The van der Waals surface area contributed by atoms with Crippen molar-refractivity contribution < 1.29 is 43.9 Å². The Morgan fingerprint density at radius 2 is 2.05 bits per heavy atom. The van der Waals surface area contributed by atoms with Gasteiger partial charge >= 0.3 is 11.9 Å². The zero-order valence-electron chi connectivity index (χ0n) is 20.6. The summed E-state index contributed by atoms with van der Waals surface area (Å²) in [6.07, 6.45) is 1.55. The molecule has 16 nitrogen and oxygen atoms in total. The molecular formula is C23H25N7O9. The standard InChI is InChI=1S/C23H25N7O9/c1-3-5-38-21(35)12-7-26-30(8-12)23-27-18(24-6-13(9-31)22(36)37-4-2)15-19(28-23)29(11-25-15)20-17(34)16(33)14(10-32)39-20/h3,6-9,11,14,16-17,20,32-34H,1,4-5,10H2,2H3,(H,24,27,28)/b13-6-/t14-,16-,17-,20-/m1/s1. The smallest absolute Gasteiger partial charge is 0.342 e. The Hall–Kier alpha value is -4.51. The van der Waals surface area contributed by atoms with E-state index in [-0.39, 0.29) is 47.3 Å². The van der Waals surface area contributed by atoms with Crippen LogP contribution in [0.3, 0.4) is 0 Å². The van der Waals surface area contributed by atoms with Gasteiger partial charge in [0.05, 0.1) is 31.3 Å². The number of fused-ring (bicyclic) bond motifs is 1. The Labute approximate surface area is 220 Å². The van der Waals surface area contributed by atoms with Crippen LogP contribution in [0.15, 0.2) is 43.1 Å². The van der Waals surface area contributed by atoms with Crippen LogP contribution in [0.4, 0.5) is 5.82 Å².